The molecule has 0 aliphatic heterocycles. The van der Waals surface area contributed by atoms with Crippen molar-refractivity contribution in [1.82, 2.24) is 5.32 Å². The zero-order chi connectivity index (χ0) is 15.2. The van der Waals surface area contributed by atoms with E-state index in [1.165, 1.54) is 37.5 Å². The average Bonchev–Trinajstić information content (AvgIpc) is 2.47. The van der Waals surface area contributed by atoms with Crippen LogP contribution in [0.1, 0.15) is 43.0 Å². The molecule has 3 nitrogen and oxygen atoms in total. The van der Waals surface area contributed by atoms with Crippen molar-refractivity contribution < 1.29 is 13.9 Å². The van der Waals surface area contributed by atoms with Crippen molar-refractivity contribution in [2.75, 3.05) is 13.2 Å². The van der Waals surface area contributed by atoms with Gasteiger partial charge in [0.15, 0.2) is 0 Å². The Kier molecular flexibility index (Phi) is 6.18. The number of benzene rings is 1. The highest BCUT2D eigenvalue weighted by Crippen LogP contribution is 2.26. The second-order valence-corrected chi connectivity index (χ2v) is 6.41. The molecule has 1 aromatic carbocycles. The summed E-state index contributed by atoms with van der Waals surface area (Å²) in [6, 6.07) is 4.07. The van der Waals surface area contributed by atoms with Crippen molar-refractivity contribution >= 4 is 21.8 Å². The fourth-order valence-corrected chi connectivity index (χ4v) is 3.10. The fraction of sp³-hybridized carbons (Fsp3) is 0.562. The topological polar surface area (TPSA) is 38.3 Å². The van der Waals surface area contributed by atoms with Crippen molar-refractivity contribution in [2.45, 2.75) is 38.7 Å². The van der Waals surface area contributed by atoms with Crippen LogP contribution >= 0.6 is 15.9 Å². The Hall–Kier alpha value is -0.940. The predicted octanol–water partition coefficient (Wildman–Crippen LogP) is 3.91. The minimum absolute atomic E-state index is 0.290. The lowest BCUT2D eigenvalue weighted by atomic mass is 9.88. The first-order chi connectivity index (χ1) is 10.1. The largest absolute Gasteiger partial charge is 0.376 e. The molecule has 0 saturated heterocycles. The molecule has 1 N–H and O–H groups in total. The van der Waals surface area contributed by atoms with E-state index in [1.54, 1.807) is 0 Å². The first-order valence-electron chi connectivity index (χ1n) is 7.43. The van der Waals surface area contributed by atoms with Crippen LogP contribution in [0, 0.1) is 11.7 Å². The molecule has 1 saturated carbocycles. The first kappa shape index (κ1) is 16.4. The second-order valence-electron chi connectivity index (χ2n) is 5.55. The van der Waals surface area contributed by atoms with Gasteiger partial charge in [0.1, 0.15) is 5.82 Å². The van der Waals surface area contributed by atoms with Crippen LogP contribution in [0.5, 0.6) is 0 Å². The zero-order valence-corrected chi connectivity index (χ0v) is 13.8. The van der Waals surface area contributed by atoms with Gasteiger partial charge in [-0.25, -0.2) is 4.39 Å². The summed E-state index contributed by atoms with van der Waals surface area (Å²) in [6.07, 6.45) is 5.12. The molecular formula is C16H21BrFNO2. The van der Waals surface area contributed by atoms with Gasteiger partial charge in [-0.2, -0.15) is 0 Å². The second kappa shape index (κ2) is 7.90. The molecule has 1 aromatic rings. The van der Waals surface area contributed by atoms with Gasteiger partial charge in [0.25, 0.3) is 5.91 Å². The minimum atomic E-state index is -0.421. The van der Waals surface area contributed by atoms with Gasteiger partial charge in [0, 0.05) is 11.0 Å². The van der Waals surface area contributed by atoms with E-state index in [4.69, 9.17) is 4.74 Å². The number of hydrogen-bond donors (Lipinski definition) is 1. The highest BCUT2D eigenvalue weighted by molar-refractivity contribution is 9.10. The van der Waals surface area contributed by atoms with Gasteiger partial charge in [0.2, 0.25) is 0 Å². The van der Waals surface area contributed by atoms with Crippen LogP contribution in [0.25, 0.3) is 0 Å². The molecule has 116 valence electrons. The monoisotopic (exact) mass is 357 g/mol. The number of ether oxygens (including phenoxy) is 1. The molecule has 0 aromatic heterocycles. The molecule has 0 heterocycles. The van der Waals surface area contributed by atoms with Crippen LogP contribution in [0.3, 0.4) is 0 Å². The van der Waals surface area contributed by atoms with Crippen molar-refractivity contribution in [2.24, 2.45) is 5.92 Å². The molecule has 21 heavy (non-hydrogen) atoms. The number of carbonyl (C=O) groups is 1. The number of carbonyl (C=O) groups excluding carboxylic acids is 1. The summed E-state index contributed by atoms with van der Waals surface area (Å²) in [5.74, 6) is -0.121. The van der Waals surface area contributed by atoms with E-state index >= 15 is 0 Å². The van der Waals surface area contributed by atoms with Crippen LogP contribution in [0.4, 0.5) is 4.39 Å². The normalized spacial score (nSPS) is 22.0. The van der Waals surface area contributed by atoms with Crippen LogP contribution in [-0.4, -0.2) is 25.2 Å². The summed E-state index contributed by atoms with van der Waals surface area (Å²) in [7, 11) is 0. The van der Waals surface area contributed by atoms with Gasteiger partial charge in [-0.1, -0.05) is 19.8 Å². The molecule has 1 aliphatic carbocycles. The predicted molar refractivity (Wildman–Crippen MR) is 83.8 cm³/mol. The molecule has 2 atom stereocenters. The Labute approximate surface area is 133 Å². The molecule has 0 radical (unpaired) electrons. The summed E-state index contributed by atoms with van der Waals surface area (Å²) < 4.78 is 19.6. The third-order valence-electron chi connectivity index (χ3n) is 3.93. The Morgan fingerprint density at radius 3 is 2.95 bits per heavy atom. The number of rotatable bonds is 5. The van der Waals surface area contributed by atoms with Gasteiger partial charge in [-0.15, -0.1) is 0 Å². The van der Waals surface area contributed by atoms with Crippen molar-refractivity contribution in [3.63, 3.8) is 0 Å². The Morgan fingerprint density at radius 2 is 2.19 bits per heavy atom. The quantitative estimate of drug-likeness (QED) is 0.811. The highest BCUT2D eigenvalue weighted by atomic mass is 79.9. The van der Waals surface area contributed by atoms with Crippen LogP contribution < -0.4 is 5.32 Å². The molecule has 0 bridgehead atoms. The van der Waals surface area contributed by atoms with Crippen LogP contribution in [-0.2, 0) is 4.74 Å². The number of nitrogens with one attached hydrogen (secondary N) is 1. The summed E-state index contributed by atoms with van der Waals surface area (Å²) in [5.41, 5.74) is 0.307. The summed E-state index contributed by atoms with van der Waals surface area (Å²) in [5, 5.41) is 2.76. The maximum absolute atomic E-state index is 13.2. The molecule has 0 spiro atoms. The molecule has 0 unspecified atom stereocenters. The number of amides is 1. The van der Waals surface area contributed by atoms with E-state index in [0.29, 0.717) is 35.2 Å². The summed E-state index contributed by atoms with van der Waals surface area (Å²) >= 11 is 3.25. The third-order valence-corrected chi connectivity index (χ3v) is 4.62. The average molecular weight is 358 g/mol. The van der Waals surface area contributed by atoms with E-state index in [2.05, 4.69) is 28.2 Å². The molecular weight excluding hydrogens is 337 g/mol. The molecule has 1 aliphatic rings. The lowest BCUT2D eigenvalue weighted by Crippen LogP contribution is -2.32. The Morgan fingerprint density at radius 1 is 1.43 bits per heavy atom. The summed E-state index contributed by atoms with van der Waals surface area (Å²) in [6.45, 7) is 3.14. The SMILES string of the molecule is C[C@H]1CCCC[C@@H]1OCCNC(=O)c1cc(F)ccc1Br. The van der Waals surface area contributed by atoms with Crippen molar-refractivity contribution in [3.05, 3.63) is 34.1 Å². The highest BCUT2D eigenvalue weighted by Gasteiger charge is 2.21. The van der Waals surface area contributed by atoms with Crippen molar-refractivity contribution in [3.8, 4) is 0 Å². The first-order valence-corrected chi connectivity index (χ1v) is 8.22. The summed E-state index contributed by atoms with van der Waals surface area (Å²) in [4.78, 5) is 12.0. The standard InChI is InChI=1S/C16H21BrFNO2/c1-11-4-2-3-5-15(11)21-9-8-19-16(20)13-10-12(18)6-7-14(13)17/h6-7,10-11,15H,2-5,8-9H2,1H3,(H,19,20)/t11-,15-/m0/s1. The Balaban J connectivity index is 1.75. The fourth-order valence-electron chi connectivity index (χ4n) is 2.67. The van der Waals surface area contributed by atoms with E-state index in [-0.39, 0.29) is 5.91 Å². The molecule has 1 fully saturated rings. The zero-order valence-electron chi connectivity index (χ0n) is 12.2. The number of hydrogen-bond acceptors (Lipinski definition) is 2. The third kappa shape index (κ3) is 4.78. The van der Waals surface area contributed by atoms with Gasteiger partial charge in [-0.3, -0.25) is 4.79 Å². The smallest absolute Gasteiger partial charge is 0.252 e. The minimum Gasteiger partial charge on any atom is -0.376 e. The van der Waals surface area contributed by atoms with E-state index in [9.17, 15) is 9.18 Å². The Bertz CT molecular complexity index is 495. The molecule has 5 heteroatoms. The van der Waals surface area contributed by atoms with Gasteiger partial charge >= 0.3 is 0 Å². The molecule has 1 amide bonds. The van der Waals surface area contributed by atoms with E-state index in [0.717, 1.165) is 6.42 Å². The molecule has 2 rings (SSSR count). The van der Waals surface area contributed by atoms with Crippen LogP contribution in [0.2, 0.25) is 0 Å². The van der Waals surface area contributed by atoms with Crippen molar-refractivity contribution in [1.29, 1.82) is 0 Å². The van der Waals surface area contributed by atoms with Gasteiger partial charge < -0.3 is 10.1 Å². The van der Waals surface area contributed by atoms with Gasteiger partial charge in [-0.05, 0) is 52.9 Å². The maximum Gasteiger partial charge on any atom is 0.252 e. The lowest BCUT2D eigenvalue weighted by Gasteiger charge is -2.28. The maximum atomic E-state index is 13.2. The van der Waals surface area contributed by atoms with E-state index in [1.807, 2.05) is 0 Å². The van der Waals surface area contributed by atoms with Crippen LogP contribution in [0.15, 0.2) is 22.7 Å². The number of halogens is 2. The van der Waals surface area contributed by atoms with Gasteiger partial charge in [0.05, 0.1) is 18.3 Å². The van der Waals surface area contributed by atoms with E-state index < -0.39 is 5.82 Å². The lowest BCUT2D eigenvalue weighted by molar-refractivity contribution is -0.00294.